The van der Waals surface area contributed by atoms with E-state index >= 15 is 0 Å². The maximum atomic E-state index is 13.2. The van der Waals surface area contributed by atoms with E-state index in [-0.39, 0.29) is 158 Å². The van der Waals surface area contributed by atoms with E-state index in [4.69, 9.17) is 56.8 Å². The van der Waals surface area contributed by atoms with Crippen molar-refractivity contribution in [2.24, 2.45) is 29.6 Å². The molecule has 27 nitrogen and oxygen atoms in total. The Balaban J connectivity index is 2.97. The fourth-order valence-electron chi connectivity index (χ4n) is 13.7. The quantitative estimate of drug-likeness (QED) is 0.0310. The Hall–Kier alpha value is -5.58. The Morgan fingerprint density at radius 1 is 0.215 bits per heavy atom. The summed E-state index contributed by atoms with van der Waals surface area (Å²) < 4.78 is 67.5. The number of esters is 10. The van der Waals surface area contributed by atoms with Crippen molar-refractivity contribution in [2.45, 2.75) is 326 Å². The largest absolute Gasteiger partial charge is 0.466 e. The molecular weight excluding hydrogens is 1550 g/mol. The van der Waals surface area contributed by atoms with Crippen LogP contribution in [0.3, 0.4) is 0 Å². The van der Waals surface area contributed by atoms with Gasteiger partial charge in [-0.05, 0) is 126 Å². The van der Waals surface area contributed by atoms with Crippen LogP contribution >= 0.6 is 0 Å². The zero-order valence-electron chi connectivity index (χ0n) is 77.9. The maximum absolute atomic E-state index is 13.2. The highest BCUT2D eigenvalue weighted by molar-refractivity contribution is 5.73. The van der Waals surface area contributed by atoms with Crippen LogP contribution in [0.1, 0.15) is 326 Å². The average molecular weight is 1730 g/mol. The second-order valence-corrected chi connectivity index (χ2v) is 33.9. The van der Waals surface area contributed by atoms with Crippen LogP contribution in [0.2, 0.25) is 0 Å². The number of carbonyl (C=O) groups excluding carboxylic acids is 10. The number of piperazine rings is 1. The molecule has 27 heteroatoms. The van der Waals surface area contributed by atoms with Gasteiger partial charge >= 0.3 is 59.7 Å². The summed E-state index contributed by atoms with van der Waals surface area (Å²) in [5.41, 5.74) is 0. The summed E-state index contributed by atoms with van der Waals surface area (Å²) in [5, 5.41) is 0. The zero-order chi connectivity index (χ0) is 88.8. The number of rotatable bonds is 85. The topological polar surface area (TPSA) is 298 Å². The van der Waals surface area contributed by atoms with Crippen LogP contribution in [-0.4, -0.2) is 275 Å². The third-order valence-corrected chi connectivity index (χ3v) is 22.3. The van der Waals surface area contributed by atoms with Gasteiger partial charge in [0.05, 0.1) is 125 Å². The van der Waals surface area contributed by atoms with Crippen molar-refractivity contribution in [3.8, 4) is 0 Å². The molecule has 0 aliphatic carbocycles. The normalized spacial score (nSPS) is 13.8. The first-order chi connectivity index (χ1) is 58.6. The molecule has 1 aliphatic rings. The number of ether oxygens (including phenoxy) is 12. The van der Waals surface area contributed by atoms with Crippen molar-refractivity contribution in [1.82, 2.24) is 24.5 Å². The first-order valence-corrected chi connectivity index (χ1v) is 47.9. The standard InChI is InChI=1S/C94H173N5O22/c1-11-16-31-80(6)36-41-85(100)112-66-21-26-71-117-90(105)46-51-95(52-47-91(106)118-72-27-22-67-113-86(101)42-37-81(7)32-17-12-2)62-76-110-78-64-97(55-50-94(109)121-75-30-25-70-116-89(104)45-40-84(10)35-20-15-5)56-57-98-58-60-99(61-59-98)65-79-111-77-63-96(53-48-92(107)119-73-28-23-68-114-87(102)43-38-82(8)33-18-13-3)54-49-93(108)120-74-29-24-69-115-88(103)44-39-83(9)34-19-14-4/h80-84H,11-79H2,1-10H3. The fraction of sp³-hybridized carbons (Fsp3) is 0.894. The molecule has 706 valence electrons. The molecule has 5 atom stereocenters. The van der Waals surface area contributed by atoms with Gasteiger partial charge in [0.25, 0.3) is 0 Å². The van der Waals surface area contributed by atoms with Gasteiger partial charge in [0.15, 0.2) is 0 Å². The third kappa shape index (κ3) is 73.3. The molecule has 1 heterocycles. The molecule has 5 unspecified atom stereocenters. The number of carbonyl (C=O) groups is 10. The Bertz CT molecular complexity index is 2480. The summed E-state index contributed by atoms with van der Waals surface area (Å²) in [5.74, 6) is -0.346. The van der Waals surface area contributed by atoms with Crippen LogP contribution in [0.25, 0.3) is 0 Å². The van der Waals surface area contributed by atoms with E-state index < -0.39 is 0 Å². The number of unbranched alkanes of at least 4 members (excludes halogenated alkanes) is 10. The van der Waals surface area contributed by atoms with E-state index in [0.29, 0.717) is 211 Å². The molecule has 0 radical (unpaired) electrons. The van der Waals surface area contributed by atoms with E-state index in [1.807, 2.05) is 9.80 Å². The smallest absolute Gasteiger partial charge is 0.307 e. The first kappa shape index (κ1) is 113. The molecular formula is C94H173N5O22. The highest BCUT2D eigenvalue weighted by Crippen LogP contribution is 2.20. The predicted molar refractivity (Wildman–Crippen MR) is 472 cm³/mol. The van der Waals surface area contributed by atoms with E-state index in [1.54, 1.807) is 0 Å². The minimum Gasteiger partial charge on any atom is -0.466 e. The predicted octanol–water partition coefficient (Wildman–Crippen LogP) is 15.9. The van der Waals surface area contributed by atoms with Crippen molar-refractivity contribution in [3.63, 3.8) is 0 Å². The fourth-order valence-corrected chi connectivity index (χ4v) is 13.7. The van der Waals surface area contributed by atoms with Gasteiger partial charge in [-0.15, -0.1) is 0 Å². The summed E-state index contributed by atoms with van der Waals surface area (Å²) in [7, 11) is 0. The average Bonchev–Trinajstić information content (AvgIpc) is 0.901. The molecule has 1 fully saturated rings. The van der Waals surface area contributed by atoms with E-state index in [0.717, 1.165) is 168 Å². The van der Waals surface area contributed by atoms with Crippen LogP contribution in [0, 0.1) is 29.6 Å². The van der Waals surface area contributed by atoms with Gasteiger partial charge in [0.1, 0.15) is 0 Å². The van der Waals surface area contributed by atoms with Crippen molar-refractivity contribution in [3.05, 3.63) is 0 Å². The van der Waals surface area contributed by atoms with Crippen LogP contribution in [0.15, 0.2) is 0 Å². The lowest BCUT2D eigenvalue weighted by atomic mass is 9.99. The lowest BCUT2D eigenvalue weighted by molar-refractivity contribution is -0.147. The van der Waals surface area contributed by atoms with Gasteiger partial charge in [-0.2, -0.15) is 0 Å². The van der Waals surface area contributed by atoms with Crippen molar-refractivity contribution in [2.75, 3.05) is 191 Å². The molecule has 0 bridgehead atoms. The highest BCUT2D eigenvalue weighted by Gasteiger charge is 2.22. The van der Waals surface area contributed by atoms with Crippen molar-refractivity contribution < 1.29 is 105 Å². The van der Waals surface area contributed by atoms with Crippen LogP contribution in [-0.2, 0) is 105 Å². The summed E-state index contributed by atoms with van der Waals surface area (Å²) in [6.07, 6.45) is 29.4. The first-order valence-electron chi connectivity index (χ1n) is 47.9. The van der Waals surface area contributed by atoms with E-state index in [9.17, 15) is 47.9 Å². The third-order valence-electron chi connectivity index (χ3n) is 22.3. The SMILES string of the molecule is CCCCC(C)CCC(=O)OCCCCOC(=O)CCN(CCOCCN(CCC(=O)OCCCCOC(=O)CCC(C)CCCC)CCN1CCN(CCOCCN(CCC(=O)OCCCCOC(=O)CCC(C)CCCC)CCC(=O)OCCCCOC(=O)CCC(C)CCCC)CC1)CCC(=O)OCCCCOC(=O)CCC(C)CCCC. The van der Waals surface area contributed by atoms with Gasteiger partial charge in [-0.25, -0.2) is 0 Å². The molecule has 1 saturated heterocycles. The van der Waals surface area contributed by atoms with Gasteiger partial charge in [-0.3, -0.25) is 72.4 Å². The highest BCUT2D eigenvalue weighted by atomic mass is 16.6. The van der Waals surface area contributed by atoms with Crippen molar-refractivity contribution >= 4 is 59.7 Å². The van der Waals surface area contributed by atoms with Gasteiger partial charge in [0, 0.05) is 130 Å². The van der Waals surface area contributed by atoms with E-state index in [1.165, 1.54) is 0 Å². The van der Waals surface area contributed by atoms with Gasteiger partial charge in [-0.1, -0.05) is 166 Å². The summed E-state index contributed by atoms with van der Waals surface area (Å²) >= 11 is 0. The molecule has 0 saturated carbocycles. The molecule has 1 rings (SSSR count). The van der Waals surface area contributed by atoms with Crippen LogP contribution in [0.5, 0.6) is 0 Å². The lowest BCUT2D eigenvalue weighted by Crippen LogP contribution is -2.49. The molecule has 0 aromatic rings. The van der Waals surface area contributed by atoms with Crippen LogP contribution < -0.4 is 0 Å². The molecule has 0 aromatic heterocycles. The summed E-state index contributed by atoms with van der Waals surface area (Å²) in [4.78, 5) is 138. The van der Waals surface area contributed by atoms with E-state index in [2.05, 4.69) is 83.9 Å². The Morgan fingerprint density at radius 2 is 0.397 bits per heavy atom. The van der Waals surface area contributed by atoms with Crippen molar-refractivity contribution in [1.29, 1.82) is 0 Å². The monoisotopic (exact) mass is 1720 g/mol. The summed E-state index contributed by atoms with van der Waals surface area (Å²) in [6.45, 7) is 34.4. The zero-order valence-corrected chi connectivity index (χ0v) is 77.9. The minimum absolute atomic E-state index is 0.0911. The number of hydrogen-bond donors (Lipinski definition) is 0. The minimum atomic E-state index is -0.375. The molecule has 0 aromatic carbocycles. The molecule has 121 heavy (non-hydrogen) atoms. The lowest BCUT2D eigenvalue weighted by Gasteiger charge is -2.35. The van der Waals surface area contributed by atoms with Gasteiger partial charge in [0.2, 0.25) is 0 Å². The second kappa shape index (κ2) is 80.3. The van der Waals surface area contributed by atoms with Gasteiger partial charge < -0.3 is 56.8 Å². The Labute approximate surface area is 731 Å². The Kier molecular flexibility index (Phi) is 75.2. The number of hydrogen-bond acceptors (Lipinski definition) is 27. The molecule has 0 N–H and O–H groups in total. The number of nitrogens with zero attached hydrogens (tertiary/aromatic N) is 5. The maximum Gasteiger partial charge on any atom is 0.307 e. The van der Waals surface area contributed by atoms with Crippen LogP contribution in [0.4, 0.5) is 0 Å². The molecule has 0 amide bonds. The summed E-state index contributed by atoms with van der Waals surface area (Å²) in [6, 6.07) is 0. The molecule has 0 spiro atoms. The second-order valence-electron chi connectivity index (χ2n) is 33.9. The molecule has 1 aliphatic heterocycles. The Morgan fingerprint density at radius 3 is 0.603 bits per heavy atom.